The number of hydrogen-bond donors (Lipinski definition) is 2. The molecule has 2 aromatic heterocycles. The summed E-state index contributed by atoms with van der Waals surface area (Å²) in [5.74, 6) is 0.800. The van der Waals surface area contributed by atoms with E-state index in [0.717, 1.165) is 33.2 Å². The van der Waals surface area contributed by atoms with Crippen LogP contribution in [0.1, 0.15) is 44.7 Å². The Hall–Kier alpha value is -3.87. The van der Waals surface area contributed by atoms with Crippen LogP contribution in [0, 0.1) is 6.92 Å². The van der Waals surface area contributed by atoms with Gasteiger partial charge in [-0.05, 0) is 68.5 Å². The first-order valence-electron chi connectivity index (χ1n) is 11.6. The number of aromatic amines is 1. The average Bonchev–Trinajstić information content (AvgIpc) is 2.82. The Morgan fingerprint density at radius 2 is 1.89 bits per heavy atom. The third-order valence-corrected chi connectivity index (χ3v) is 5.96. The van der Waals surface area contributed by atoms with Crippen molar-refractivity contribution in [1.82, 2.24) is 15.3 Å². The van der Waals surface area contributed by atoms with Crippen molar-refractivity contribution in [2.24, 2.45) is 0 Å². The maximum atomic E-state index is 12.7. The zero-order valence-electron chi connectivity index (χ0n) is 21.0. The first-order valence-corrected chi connectivity index (χ1v) is 11.6. The molecule has 182 valence electrons. The molecule has 0 spiro atoms. The van der Waals surface area contributed by atoms with Crippen molar-refractivity contribution in [3.63, 3.8) is 0 Å². The van der Waals surface area contributed by atoms with Crippen LogP contribution in [0.3, 0.4) is 0 Å². The molecule has 0 radical (unpaired) electrons. The van der Waals surface area contributed by atoms with Crippen molar-refractivity contribution in [2.75, 3.05) is 13.7 Å². The summed E-state index contributed by atoms with van der Waals surface area (Å²) < 4.78 is 11.1. The Labute approximate surface area is 204 Å². The molecule has 4 aromatic rings. The fraction of sp³-hybridized carbons (Fsp3) is 0.321. The summed E-state index contributed by atoms with van der Waals surface area (Å²) in [6, 6.07) is 13.6. The van der Waals surface area contributed by atoms with Gasteiger partial charge >= 0.3 is 6.09 Å². The molecule has 0 aliphatic carbocycles. The van der Waals surface area contributed by atoms with Gasteiger partial charge in [0.05, 0.1) is 23.5 Å². The molecule has 0 bridgehead atoms. The van der Waals surface area contributed by atoms with Crippen molar-refractivity contribution in [2.45, 2.75) is 46.1 Å². The Bertz CT molecular complexity index is 1450. The highest BCUT2D eigenvalue weighted by Crippen LogP contribution is 2.40. The number of aryl methyl sites for hydroxylation is 1. The van der Waals surface area contributed by atoms with Crippen molar-refractivity contribution < 1.29 is 14.3 Å². The molecule has 1 atom stereocenters. The number of nitrogens with zero attached hydrogens (tertiary/aromatic N) is 1. The molecular formula is C28H31N3O4. The molecule has 0 saturated heterocycles. The van der Waals surface area contributed by atoms with E-state index >= 15 is 0 Å². The van der Waals surface area contributed by atoms with E-state index < -0.39 is 11.7 Å². The summed E-state index contributed by atoms with van der Waals surface area (Å²) in [6.45, 7) is 9.98. The standard InChI is InChI=1S/C28H31N3O4/c1-16-14-21(34-6)22(23-24(16)31-26(32)20-8-7-13-29-25(20)23)19-11-9-18(10-12-19)17(2)15-30-27(33)35-28(3,4)5/h7-14,17H,15H2,1-6H3,(H,30,33)(H,31,32)/t17-/m0/s1. The van der Waals surface area contributed by atoms with Gasteiger partial charge in [0.2, 0.25) is 0 Å². The van der Waals surface area contributed by atoms with Crippen LogP contribution in [0.5, 0.6) is 5.75 Å². The number of amides is 1. The number of nitrogens with one attached hydrogen (secondary N) is 2. The number of hydrogen-bond acceptors (Lipinski definition) is 5. The molecule has 0 unspecified atom stereocenters. The van der Waals surface area contributed by atoms with E-state index in [2.05, 4.69) is 22.2 Å². The first-order chi connectivity index (χ1) is 16.6. The van der Waals surface area contributed by atoms with Gasteiger partial charge in [0.1, 0.15) is 11.4 Å². The highest BCUT2D eigenvalue weighted by Gasteiger charge is 2.20. The molecule has 35 heavy (non-hydrogen) atoms. The lowest BCUT2D eigenvalue weighted by molar-refractivity contribution is 0.0525. The first kappa shape index (κ1) is 24.3. The number of pyridine rings is 2. The van der Waals surface area contributed by atoms with Crippen LogP contribution in [0.2, 0.25) is 0 Å². The van der Waals surface area contributed by atoms with Gasteiger partial charge in [0.25, 0.3) is 5.56 Å². The van der Waals surface area contributed by atoms with Gasteiger partial charge < -0.3 is 19.8 Å². The molecule has 7 heteroatoms. The predicted octanol–water partition coefficient (Wildman–Crippen LogP) is 5.69. The average molecular weight is 474 g/mol. The number of benzene rings is 2. The minimum Gasteiger partial charge on any atom is -0.496 e. The summed E-state index contributed by atoms with van der Waals surface area (Å²) in [5.41, 5.74) is 4.50. The Kier molecular flexibility index (Phi) is 6.52. The van der Waals surface area contributed by atoms with Crippen LogP contribution in [-0.4, -0.2) is 35.3 Å². The Balaban J connectivity index is 1.73. The van der Waals surface area contributed by atoms with Crippen LogP contribution in [0.25, 0.3) is 32.9 Å². The molecule has 0 fully saturated rings. The molecule has 0 saturated carbocycles. The lowest BCUT2D eigenvalue weighted by atomic mass is 9.93. The van der Waals surface area contributed by atoms with Gasteiger partial charge in [-0.2, -0.15) is 0 Å². The zero-order chi connectivity index (χ0) is 25.3. The van der Waals surface area contributed by atoms with Gasteiger partial charge in [0, 0.05) is 23.7 Å². The maximum Gasteiger partial charge on any atom is 0.407 e. The molecule has 4 rings (SSSR count). The Morgan fingerprint density at radius 3 is 2.54 bits per heavy atom. The second-order valence-electron chi connectivity index (χ2n) is 9.78. The number of carbonyl (C=O) groups excluding carboxylic acids is 1. The van der Waals surface area contributed by atoms with Crippen molar-refractivity contribution >= 4 is 27.9 Å². The van der Waals surface area contributed by atoms with Crippen LogP contribution < -0.4 is 15.6 Å². The van der Waals surface area contributed by atoms with Crippen LogP contribution >= 0.6 is 0 Å². The lowest BCUT2D eigenvalue weighted by Gasteiger charge is -2.21. The second kappa shape index (κ2) is 9.41. The topological polar surface area (TPSA) is 93.3 Å². The quantitative estimate of drug-likeness (QED) is 0.363. The number of alkyl carbamates (subject to hydrolysis) is 1. The smallest absolute Gasteiger partial charge is 0.407 e. The van der Waals surface area contributed by atoms with E-state index in [9.17, 15) is 9.59 Å². The number of carbonyl (C=O) groups is 1. The lowest BCUT2D eigenvalue weighted by Crippen LogP contribution is -2.34. The molecule has 0 aliphatic heterocycles. The van der Waals surface area contributed by atoms with E-state index in [-0.39, 0.29) is 11.5 Å². The highest BCUT2D eigenvalue weighted by molar-refractivity contribution is 6.13. The third kappa shape index (κ3) is 4.99. The molecule has 2 N–H and O–H groups in total. The number of H-pyrrole nitrogens is 1. The molecule has 2 aromatic carbocycles. The summed E-state index contributed by atoms with van der Waals surface area (Å²) in [6.07, 6.45) is 1.27. The summed E-state index contributed by atoms with van der Waals surface area (Å²) in [5, 5.41) is 4.22. The normalized spacial score (nSPS) is 12.5. The fourth-order valence-corrected chi connectivity index (χ4v) is 4.25. The number of rotatable bonds is 5. The minimum absolute atomic E-state index is 0.0899. The Morgan fingerprint density at radius 1 is 1.17 bits per heavy atom. The monoisotopic (exact) mass is 473 g/mol. The highest BCUT2D eigenvalue weighted by atomic mass is 16.6. The molecular weight excluding hydrogens is 442 g/mol. The van der Waals surface area contributed by atoms with Crippen LogP contribution in [0.4, 0.5) is 4.79 Å². The fourth-order valence-electron chi connectivity index (χ4n) is 4.25. The van der Waals surface area contributed by atoms with Gasteiger partial charge in [-0.1, -0.05) is 31.2 Å². The predicted molar refractivity (Wildman–Crippen MR) is 139 cm³/mol. The number of aromatic nitrogens is 2. The van der Waals surface area contributed by atoms with E-state index in [4.69, 9.17) is 9.47 Å². The summed E-state index contributed by atoms with van der Waals surface area (Å²) in [7, 11) is 1.64. The molecule has 7 nitrogen and oxygen atoms in total. The number of methoxy groups -OCH3 is 1. The SMILES string of the molecule is COc1cc(C)c2[nH]c(=O)c3cccnc3c2c1-c1ccc([C@@H](C)CNC(=O)OC(C)(C)C)cc1. The zero-order valence-corrected chi connectivity index (χ0v) is 21.0. The minimum atomic E-state index is -0.534. The molecule has 2 heterocycles. The van der Waals surface area contributed by atoms with Crippen LogP contribution in [-0.2, 0) is 4.74 Å². The molecule has 0 aliphatic rings. The summed E-state index contributed by atoms with van der Waals surface area (Å²) >= 11 is 0. The number of ether oxygens (including phenoxy) is 2. The number of fused-ring (bicyclic) bond motifs is 3. The molecule has 1 amide bonds. The van der Waals surface area contributed by atoms with Gasteiger partial charge in [-0.25, -0.2) is 4.79 Å². The van der Waals surface area contributed by atoms with E-state index in [1.807, 2.05) is 58.0 Å². The summed E-state index contributed by atoms with van der Waals surface area (Å²) in [4.78, 5) is 32.3. The third-order valence-electron chi connectivity index (χ3n) is 5.96. The van der Waals surface area contributed by atoms with E-state index in [0.29, 0.717) is 23.2 Å². The van der Waals surface area contributed by atoms with Crippen molar-refractivity contribution in [3.05, 3.63) is 70.1 Å². The van der Waals surface area contributed by atoms with Crippen molar-refractivity contribution in [3.8, 4) is 16.9 Å². The van der Waals surface area contributed by atoms with Gasteiger partial charge in [-0.3, -0.25) is 9.78 Å². The van der Waals surface area contributed by atoms with Crippen LogP contribution in [0.15, 0.2) is 53.5 Å². The maximum absolute atomic E-state index is 12.7. The van der Waals surface area contributed by atoms with E-state index in [1.165, 1.54) is 0 Å². The largest absolute Gasteiger partial charge is 0.496 e. The second-order valence-corrected chi connectivity index (χ2v) is 9.78. The van der Waals surface area contributed by atoms with Crippen molar-refractivity contribution in [1.29, 1.82) is 0 Å². The van der Waals surface area contributed by atoms with Gasteiger partial charge in [0.15, 0.2) is 0 Å². The van der Waals surface area contributed by atoms with E-state index in [1.54, 1.807) is 25.4 Å². The van der Waals surface area contributed by atoms with Gasteiger partial charge in [-0.15, -0.1) is 0 Å².